The molecular formula is C21H22ClFN4O. The number of anilines is 1. The van der Waals surface area contributed by atoms with Gasteiger partial charge in [0.1, 0.15) is 5.82 Å². The maximum Gasteiger partial charge on any atom is 0.251 e. The van der Waals surface area contributed by atoms with Crippen molar-refractivity contribution in [3.05, 3.63) is 75.5 Å². The van der Waals surface area contributed by atoms with Crippen LogP contribution in [-0.2, 0) is 6.54 Å². The van der Waals surface area contributed by atoms with Crippen LogP contribution in [0.5, 0.6) is 0 Å². The number of nitrogens with zero attached hydrogens (tertiary/aromatic N) is 3. The third-order valence-corrected chi connectivity index (χ3v) is 4.91. The minimum absolute atomic E-state index is 0.0630. The average Bonchev–Trinajstić information content (AvgIpc) is 2.70. The van der Waals surface area contributed by atoms with Crippen molar-refractivity contribution < 1.29 is 4.39 Å². The highest BCUT2D eigenvalue weighted by Gasteiger charge is 2.09. The molecule has 2 aromatic heterocycles. The summed E-state index contributed by atoms with van der Waals surface area (Å²) < 4.78 is 15.1. The molecule has 146 valence electrons. The van der Waals surface area contributed by atoms with E-state index in [9.17, 15) is 9.18 Å². The molecule has 0 aliphatic rings. The van der Waals surface area contributed by atoms with E-state index in [0.717, 1.165) is 12.8 Å². The van der Waals surface area contributed by atoms with Crippen LogP contribution in [0.15, 0.2) is 53.6 Å². The number of rotatable bonds is 7. The summed E-state index contributed by atoms with van der Waals surface area (Å²) in [7, 11) is 0. The Labute approximate surface area is 168 Å². The van der Waals surface area contributed by atoms with Crippen LogP contribution < -0.4 is 10.9 Å². The number of benzene rings is 1. The molecule has 0 aliphatic heterocycles. The van der Waals surface area contributed by atoms with Crippen LogP contribution in [0.25, 0.3) is 11.3 Å². The molecule has 0 saturated heterocycles. The number of hydrogen-bond donors (Lipinski definition) is 1. The van der Waals surface area contributed by atoms with Crippen LogP contribution in [0.2, 0.25) is 5.02 Å². The molecule has 0 spiro atoms. The van der Waals surface area contributed by atoms with Gasteiger partial charge in [-0.1, -0.05) is 31.5 Å². The van der Waals surface area contributed by atoms with Crippen molar-refractivity contribution in [3.8, 4) is 11.3 Å². The Balaban J connectivity index is 1.82. The molecular weight excluding hydrogens is 379 g/mol. The molecule has 0 amide bonds. The second kappa shape index (κ2) is 8.97. The first kappa shape index (κ1) is 20.0. The van der Waals surface area contributed by atoms with Crippen molar-refractivity contribution in [1.29, 1.82) is 0 Å². The normalized spacial score (nSPS) is 11.0. The average molecular weight is 401 g/mol. The molecule has 3 aromatic rings. The van der Waals surface area contributed by atoms with Gasteiger partial charge in [0.2, 0.25) is 5.95 Å². The topological polar surface area (TPSA) is 59.8 Å². The van der Waals surface area contributed by atoms with Gasteiger partial charge in [0.05, 0.1) is 17.3 Å². The minimum atomic E-state index is -0.498. The Hall–Kier alpha value is -2.73. The third-order valence-electron chi connectivity index (χ3n) is 4.60. The van der Waals surface area contributed by atoms with Crippen LogP contribution >= 0.6 is 11.6 Å². The Kier molecular flexibility index (Phi) is 6.41. The zero-order chi connectivity index (χ0) is 20.1. The Morgan fingerprint density at radius 1 is 1.18 bits per heavy atom. The number of pyridine rings is 1. The molecule has 0 unspecified atom stereocenters. The van der Waals surface area contributed by atoms with E-state index in [1.165, 1.54) is 22.8 Å². The smallest absolute Gasteiger partial charge is 0.251 e. The van der Waals surface area contributed by atoms with Crippen molar-refractivity contribution in [2.45, 2.75) is 39.3 Å². The lowest BCUT2D eigenvalue weighted by Gasteiger charge is -2.15. The Morgan fingerprint density at radius 2 is 1.96 bits per heavy atom. The predicted molar refractivity (Wildman–Crippen MR) is 110 cm³/mol. The molecule has 0 fully saturated rings. The Morgan fingerprint density at radius 3 is 2.64 bits per heavy atom. The largest absolute Gasteiger partial charge is 0.351 e. The van der Waals surface area contributed by atoms with Gasteiger partial charge in [0, 0.05) is 30.1 Å². The molecule has 1 N–H and O–H groups in total. The fourth-order valence-corrected chi connectivity index (χ4v) is 3.01. The lowest BCUT2D eigenvalue weighted by molar-refractivity contribution is 0.623. The van der Waals surface area contributed by atoms with Gasteiger partial charge in [0.15, 0.2) is 0 Å². The number of hydrogen-bond acceptors (Lipinski definition) is 4. The van der Waals surface area contributed by atoms with Crippen LogP contribution in [0.1, 0.15) is 32.3 Å². The maximum atomic E-state index is 13.6. The van der Waals surface area contributed by atoms with Gasteiger partial charge in [-0.15, -0.1) is 0 Å². The van der Waals surface area contributed by atoms with E-state index in [2.05, 4.69) is 29.1 Å². The molecule has 1 aromatic carbocycles. The molecule has 0 radical (unpaired) electrons. The Bertz CT molecular complexity index is 1020. The van der Waals surface area contributed by atoms with E-state index in [-0.39, 0.29) is 17.1 Å². The number of aromatic nitrogens is 3. The van der Waals surface area contributed by atoms with Gasteiger partial charge in [-0.05, 0) is 42.7 Å². The summed E-state index contributed by atoms with van der Waals surface area (Å²) in [6, 6.07) is 9.94. The third kappa shape index (κ3) is 4.75. The molecule has 28 heavy (non-hydrogen) atoms. The summed E-state index contributed by atoms with van der Waals surface area (Å²) in [4.78, 5) is 21.3. The van der Waals surface area contributed by atoms with Gasteiger partial charge < -0.3 is 9.88 Å². The van der Waals surface area contributed by atoms with E-state index in [0.29, 0.717) is 28.8 Å². The lowest BCUT2D eigenvalue weighted by Crippen LogP contribution is -2.20. The highest BCUT2D eigenvalue weighted by atomic mass is 35.5. The first-order valence-electron chi connectivity index (χ1n) is 9.24. The van der Waals surface area contributed by atoms with Gasteiger partial charge >= 0.3 is 0 Å². The van der Waals surface area contributed by atoms with Crippen LogP contribution in [0, 0.1) is 5.82 Å². The zero-order valence-corrected chi connectivity index (χ0v) is 16.6. The van der Waals surface area contributed by atoms with Crippen LogP contribution in [-0.4, -0.2) is 20.6 Å². The van der Waals surface area contributed by atoms with Crippen molar-refractivity contribution >= 4 is 17.5 Å². The summed E-state index contributed by atoms with van der Waals surface area (Å²) in [5.74, 6) is 0.0503. The fourth-order valence-electron chi connectivity index (χ4n) is 2.90. The fraction of sp³-hybridized carbons (Fsp3) is 0.286. The van der Waals surface area contributed by atoms with E-state index >= 15 is 0 Å². The number of halogens is 2. The standard InChI is InChI=1S/C21H22ClFN4O/c1-3-16(4-2)25-21-24-9-7-19(26-21)15-8-10-27(20(28)12-15)13-14-5-6-17(22)18(23)11-14/h5-12,16H,3-4,13H2,1-2H3,(H,24,25,26). The quantitative estimate of drug-likeness (QED) is 0.622. The summed E-state index contributed by atoms with van der Waals surface area (Å²) >= 11 is 5.71. The summed E-state index contributed by atoms with van der Waals surface area (Å²) in [6.45, 7) is 4.48. The van der Waals surface area contributed by atoms with E-state index < -0.39 is 5.82 Å². The molecule has 0 bridgehead atoms. The molecule has 2 heterocycles. The molecule has 5 nitrogen and oxygen atoms in total. The highest BCUT2D eigenvalue weighted by Crippen LogP contribution is 2.18. The van der Waals surface area contributed by atoms with Crippen molar-refractivity contribution in [2.24, 2.45) is 0 Å². The van der Waals surface area contributed by atoms with Gasteiger partial charge in [-0.25, -0.2) is 14.4 Å². The van der Waals surface area contributed by atoms with Gasteiger partial charge in [-0.2, -0.15) is 0 Å². The van der Waals surface area contributed by atoms with Crippen molar-refractivity contribution in [2.75, 3.05) is 5.32 Å². The monoisotopic (exact) mass is 400 g/mol. The first-order valence-corrected chi connectivity index (χ1v) is 9.62. The SMILES string of the molecule is CCC(CC)Nc1nccc(-c2ccn(Cc3ccc(Cl)c(F)c3)c(=O)c2)n1. The minimum Gasteiger partial charge on any atom is -0.351 e. The van der Waals surface area contributed by atoms with E-state index in [1.54, 1.807) is 24.5 Å². The van der Waals surface area contributed by atoms with Crippen LogP contribution in [0.3, 0.4) is 0 Å². The first-order chi connectivity index (χ1) is 13.5. The predicted octanol–water partition coefficient (Wildman–Crippen LogP) is 4.75. The highest BCUT2D eigenvalue weighted by molar-refractivity contribution is 6.30. The van der Waals surface area contributed by atoms with E-state index in [1.807, 2.05) is 6.07 Å². The van der Waals surface area contributed by atoms with Crippen molar-refractivity contribution in [1.82, 2.24) is 14.5 Å². The molecule has 0 saturated carbocycles. The zero-order valence-electron chi connectivity index (χ0n) is 15.8. The summed E-state index contributed by atoms with van der Waals surface area (Å²) in [5.41, 5.74) is 1.85. The van der Waals surface area contributed by atoms with Crippen LogP contribution in [0.4, 0.5) is 10.3 Å². The second-order valence-electron chi connectivity index (χ2n) is 6.55. The van der Waals surface area contributed by atoms with Gasteiger partial charge in [0.25, 0.3) is 5.56 Å². The molecule has 0 atom stereocenters. The van der Waals surface area contributed by atoms with Crippen molar-refractivity contribution in [3.63, 3.8) is 0 Å². The summed E-state index contributed by atoms with van der Waals surface area (Å²) in [6.07, 6.45) is 5.31. The second-order valence-corrected chi connectivity index (χ2v) is 6.96. The summed E-state index contributed by atoms with van der Waals surface area (Å²) in [5, 5.41) is 3.37. The molecule has 3 rings (SSSR count). The lowest BCUT2D eigenvalue weighted by atomic mass is 10.1. The molecule has 7 heteroatoms. The maximum absolute atomic E-state index is 13.6. The number of nitrogens with one attached hydrogen (secondary N) is 1. The molecule has 0 aliphatic carbocycles. The van der Waals surface area contributed by atoms with Gasteiger partial charge in [-0.3, -0.25) is 4.79 Å². The van der Waals surface area contributed by atoms with E-state index in [4.69, 9.17) is 11.6 Å².